The van der Waals surface area contributed by atoms with Crippen LogP contribution in [0.25, 0.3) is 0 Å². The molecule has 1 N–H and O–H groups in total. The molecule has 0 aromatic carbocycles. The Balaban J connectivity index is 2.13. The second-order valence-corrected chi connectivity index (χ2v) is 3.29. The summed E-state index contributed by atoms with van der Waals surface area (Å²) < 4.78 is 0. The number of hydrogen-bond donors (Lipinski definition) is 0. The zero-order valence-corrected chi connectivity index (χ0v) is 6.77. The quantitative estimate of drug-likeness (QED) is 0.563. The van der Waals surface area contributed by atoms with Gasteiger partial charge in [0.05, 0.1) is 0 Å². The predicted octanol–water partition coefficient (Wildman–Crippen LogP) is 1.00. The van der Waals surface area contributed by atoms with E-state index >= 15 is 0 Å². The monoisotopic (exact) mass is 141 g/mol. The smallest absolute Gasteiger partial charge is 0.0102 e. The predicted molar refractivity (Wildman–Crippen MR) is 42.8 cm³/mol. The first kappa shape index (κ1) is 8.02. The fraction of sp³-hybridized carbons (Fsp3) is 1.00. The molecule has 1 saturated heterocycles. The Kier molecular flexibility index (Phi) is 3.16. The van der Waals surface area contributed by atoms with Crippen LogP contribution in [0.2, 0.25) is 0 Å². The van der Waals surface area contributed by atoms with Crippen LogP contribution in [0, 0.1) is 5.92 Å². The van der Waals surface area contributed by atoms with Crippen molar-refractivity contribution in [1.29, 1.82) is 0 Å². The van der Waals surface area contributed by atoms with Crippen LogP contribution in [0.15, 0.2) is 0 Å². The van der Waals surface area contributed by atoms with E-state index in [4.69, 9.17) is 5.73 Å². The van der Waals surface area contributed by atoms with Gasteiger partial charge in [-0.1, -0.05) is 0 Å². The van der Waals surface area contributed by atoms with Crippen LogP contribution in [0.1, 0.15) is 19.3 Å². The van der Waals surface area contributed by atoms with Crippen LogP contribution in [-0.4, -0.2) is 31.6 Å². The first-order chi connectivity index (χ1) is 4.83. The molecule has 0 spiro atoms. The normalized spacial score (nSPS) is 23.4. The first-order valence-electron chi connectivity index (χ1n) is 4.16. The minimum atomic E-state index is 0.619. The van der Waals surface area contributed by atoms with Crippen molar-refractivity contribution in [3.8, 4) is 0 Å². The van der Waals surface area contributed by atoms with Crippen molar-refractivity contribution >= 4 is 0 Å². The molecule has 0 bridgehead atoms. The van der Waals surface area contributed by atoms with Gasteiger partial charge in [-0.25, -0.2) is 0 Å². The summed E-state index contributed by atoms with van der Waals surface area (Å²) in [6, 6.07) is 0. The van der Waals surface area contributed by atoms with E-state index in [-0.39, 0.29) is 0 Å². The third kappa shape index (κ3) is 2.27. The molecular formula is C8H17N2. The van der Waals surface area contributed by atoms with Crippen molar-refractivity contribution < 1.29 is 0 Å². The Morgan fingerprint density at radius 3 is 2.50 bits per heavy atom. The fourth-order valence-electron chi connectivity index (χ4n) is 1.55. The standard InChI is InChI=1S/C8H17N2/c1-10-6-3-8(2-5-9)4-7-10/h8-9H,2-7H2,1H3. The first-order valence-corrected chi connectivity index (χ1v) is 4.16. The molecule has 0 atom stereocenters. The van der Waals surface area contributed by atoms with Gasteiger partial charge in [-0.3, -0.25) is 5.73 Å². The maximum atomic E-state index is 7.08. The van der Waals surface area contributed by atoms with Crippen molar-refractivity contribution in [2.75, 3.05) is 26.7 Å². The van der Waals surface area contributed by atoms with E-state index in [1.165, 1.54) is 25.9 Å². The van der Waals surface area contributed by atoms with Crippen LogP contribution >= 0.6 is 0 Å². The Bertz CT molecular complexity index is 85.3. The topological polar surface area (TPSA) is 27.0 Å². The van der Waals surface area contributed by atoms with Crippen LogP contribution in [0.5, 0.6) is 0 Å². The molecule has 0 aromatic heterocycles. The molecule has 2 heteroatoms. The number of likely N-dealkylation sites (tertiary alicyclic amines) is 1. The van der Waals surface area contributed by atoms with Gasteiger partial charge in [-0.05, 0) is 45.3 Å². The number of hydrogen-bond acceptors (Lipinski definition) is 1. The zero-order chi connectivity index (χ0) is 7.40. The van der Waals surface area contributed by atoms with E-state index < -0.39 is 0 Å². The van der Waals surface area contributed by atoms with Crippen molar-refractivity contribution in [3.63, 3.8) is 0 Å². The molecule has 1 aliphatic heterocycles. The summed E-state index contributed by atoms with van der Waals surface area (Å²) in [5.74, 6) is 0.855. The summed E-state index contributed by atoms with van der Waals surface area (Å²) >= 11 is 0. The second kappa shape index (κ2) is 3.94. The highest BCUT2D eigenvalue weighted by molar-refractivity contribution is 4.69. The summed E-state index contributed by atoms with van der Waals surface area (Å²) in [5, 5.41) is 0. The second-order valence-electron chi connectivity index (χ2n) is 3.29. The van der Waals surface area contributed by atoms with E-state index in [0.717, 1.165) is 12.3 Å². The molecule has 0 saturated carbocycles. The Morgan fingerprint density at radius 2 is 2.00 bits per heavy atom. The van der Waals surface area contributed by atoms with Crippen molar-refractivity contribution in [2.45, 2.75) is 19.3 Å². The maximum Gasteiger partial charge on any atom is 0.0102 e. The SMILES string of the molecule is CN1CCC(CC[NH])CC1. The van der Waals surface area contributed by atoms with Crippen LogP contribution in [-0.2, 0) is 0 Å². The Morgan fingerprint density at radius 1 is 1.40 bits per heavy atom. The molecule has 10 heavy (non-hydrogen) atoms. The number of rotatable bonds is 2. The average molecular weight is 141 g/mol. The highest BCUT2D eigenvalue weighted by Gasteiger charge is 2.14. The summed E-state index contributed by atoms with van der Waals surface area (Å²) in [4.78, 5) is 2.38. The lowest BCUT2D eigenvalue weighted by Gasteiger charge is -2.28. The molecule has 1 rings (SSSR count). The molecule has 2 nitrogen and oxygen atoms in total. The number of nitrogens with zero attached hydrogens (tertiary/aromatic N) is 1. The van der Waals surface area contributed by atoms with E-state index in [1.54, 1.807) is 0 Å². The van der Waals surface area contributed by atoms with Gasteiger partial charge in [0.25, 0.3) is 0 Å². The maximum absolute atomic E-state index is 7.08. The fourth-order valence-corrected chi connectivity index (χ4v) is 1.55. The summed E-state index contributed by atoms with van der Waals surface area (Å²) in [6.45, 7) is 3.10. The Hall–Kier alpha value is -0.0800. The summed E-state index contributed by atoms with van der Waals surface area (Å²) in [5.41, 5.74) is 7.08. The molecule has 1 heterocycles. The molecule has 1 radical (unpaired) electrons. The third-order valence-electron chi connectivity index (χ3n) is 2.39. The minimum absolute atomic E-state index is 0.619. The lowest BCUT2D eigenvalue weighted by atomic mass is 9.94. The van der Waals surface area contributed by atoms with Gasteiger partial charge in [-0.15, -0.1) is 0 Å². The van der Waals surface area contributed by atoms with Gasteiger partial charge in [-0.2, -0.15) is 0 Å². The van der Waals surface area contributed by atoms with Gasteiger partial charge in [0.2, 0.25) is 0 Å². The van der Waals surface area contributed by atoms with Gasteiger partial charge in [0.1, 0.15) is 0 Å². The Labute approximate surface area is 63.4 Å². The average Bonchev–Trinajstić information content (AvgIpc) is 1.95. The molecule has 0 amide bonds. The van der Waals surface area contributed by atoms with E-state index in [0.29, 0.717) is 6.54 Å². The van der Waals surface area contributed by atoms with Crippen molar-refractivity contribution in [3.05, 3.63) is 0 Å². The van der Waals surface area contributed by atoms with Crippen molar-refractivity contribution in [1.82, 2.24) is 10.6 Å². The van der Waals surface area contributed by atoms with Crippen LogP contribution < -0.4 is 5.73 Å². The van der Waals surface area contributed by atoms with E-state index in [2.05, 4.69) is 11.9 Å². The highest BCUT2D eigenvalue weighted by Crippen LogP contribution is 2.18. The summed E-state index contributed by atoms with van der Waals surface area (Å²) in [7, 11) is 2.18. The van der Waals surface area contributed by atoms with Gasteiger partial charge in [0, 0.05) is 6.54 Å². The van der Waals surface area contributed by atoms with Crippen LogP contribution in [0.4, 0.5) is 0 Å². The molecule has 59 valence electrons. The highest BCUT2D eigenvalue weighted by atomic mass is 15.1. The van der Waals surface area contributed by atoms with Gasteiger partial charge in [0.15, 0.2) is 0 Å². The van der Waals surface area contributed by atoms with Gasteiger partial charge >= 0.3 is 0 Å². The third-order valence-corrected chi connectivity index (χ3v) is 2.39. The molecule has 0 aliphatic carbocycles. The molecule has 1 fully saturated rings. The zero-order valence-electron chi connectivity index (χ0n) is 6.77. The lowest BCUT2D eigenvalue weighted by Crippen LogP contribution is -2.30. The van der Waals surface area contributed by atoms with Crippen LogP contribution in [0.3, 0.4) is 0 Å². The molecule has 1 aliphatic rings. The van der Waals surface area contributed by atoms with Crippen molar-refractivity contribution in [2.24, 2.45) is 5.92 Å². The molecule has 0 unspecified atom stereocenters. The largest absolute Gasteiger partial charge is 0.306 e. The lowest BCUT2D eigenvalue weighted by molar-refractivity contribution is 0.214. The van der Waals surface area contributed by atoms with Gasteiger partial charge < -0.3 is 4.90 Å². The number of piperidine rings is 1. The van der Waals surface area contributed by atoms with E-state index in [1.807, 2.05) is 0 Å². The number of nitrogens with one attached hydrogen (secondary N) is 1. The molecule has 0 aromatic rings. The molecular weight excluding hydrogens is 124 g/mol. The van der Waals surface area contributed by atoms with E-state index in [9.17, 15) is 0 Å². The minimum Gasteiger partial charge on any atom is -0.306 e. The summed E-state index contributed by atoms with van der Waals surface area (Å²) in [6.07, 6.45) is 3.75.